The SMILES string of the molecule is CSNc1ccc(-c2ccc3nnc(C(F)(F)F)n3c2)cc1. The second-order valence-corrected chi connectivity index (χ2v) is 5.16. The van der Waals surface area contributed by atoms with Crippen LogP contribution in [0.25, 0.3) is 16.8 Å². The molecule has 0 fully saturated rings. The minimum atomic E-state index is -4.54. The molecule has 0 saturated heterocycles. The van der Waals surface area contributed by atoms with E-state index in [9.17, 15) is 13.2 Å². The Morgan fingerprint density at radius 3 is 2.32 bits per heavy atom. The van der Waals surface area contributed by atoms with Gasteiger partial charge in [0.15, 0.2) is 5.65 Å². The van der Waals surface area contributed by atoms with E-state index < -0.39 is 12.0 Å². The van der Waals surface area contributed by atoms with Crippen LogP contribution in [0.4, 0.5) is 18.9 Å². The van der Waals surface area contributed by atoms with Gasteiger partial charge in [-0.25, -0.2) is 0 Å². The average Bonchev–Trinajstić information content (AvgIpc) is 2.91. The van der Waals surface area contributed by atoms with Gasteiger partial charge in [-0.1, -0.05) is 24.1 Å². The molecule has 0 aliphatic heterocycles. The number of pyridine rings is 1. The van der Waals surface area contributed by atoms with E-state index in [2.05, 4.69) is 14.9 Å². The Labute approximate surface area is 128 Å². The van der Waals surface area contributed by atoms with Crippen molar-refractivity contribution < 1.29 is 13.2 Å². The Hall–Kier alpha value is -2.22. The molecule has 3 aromatic rings. The summed E-state index contributed by atoms with van der Waals surface area (Å²) in [5, 5.41) is 6.75. The van der Waals surface area contributed by atoms with Crippen LogP contribution < -0.4 is 4.72 Å². The lowest BCUT2D eigenvalue weighted by molar-refractivity contribution is -0.145. The van der Waals surface area contributed by atoms with Crippen LogP contribution in [0.15, 0.2) is 42.6 Å². The van der Waals surface area contributed by atoms with E-state index in [1.54, 1.807) is 6.07 Å². The number of nitrogens with zero attached hydrogens (tertiary/aromatic N) is 3. The number of benzene rings is 1. The third-order valence-electron chi connectivity index (χ3n) is 3.09. The predicted octanol–water partition coefficient (Wildman–Crippen LogP) is 4.11. The highest BCUT2D eigenvalue weighted by Crippen LogP contribution is 2.29. The summed E-state index contributed by atoms with van der Waals surface area (Å²) >= 11 is 1.47. The van der Waals surface area contributed by atoms with Crippen molar-refractivity contribution in [2.45, 2.75) is 6.18 Å². The van der Waals surface area contributed by atoms with Crippen molar-refractivity contribution in [3.8, 4) is 11.1 Å². The maximum atomic E-state index is 12.9. The predicted molar refractivity (Wildman–Crippen MR) is 80.6 cm³/mol. The van der Waals surface area contributed by atoms with E-state index >= 15 is 0 Å². The monoisotopic (exact) mass is 324 g/mol. The molecule has 1 aromatic carbocycles. The lowest BCUT2D eigenvalue weighted by Crippen LogP contribution is -2.10. The second-order valence-electron chi connectivity index (χ2n) is 4.55. The molecule has 114 valence electrons. The van der Waals surface area contributed by atoms with Crippen molar-refractivity contribution in [3.05, 3.63) is 48.4 Å². The summed E-state index contributed by atoms with van der Waals surface area (Å²) in [4.78, 5) is 0. The van der Waals surface area contributed by atoms with Gasteiger partial charge in [0.1, 0.15) is 0 Å². The zero-order chi connectivity index (χ0) is 15.7. The maximum Gasteiger partial charge on any atom is 0.452 e. The molecule has 0 spiro atoms. The molecule has 0 unspecified atom stereocenters. The van der Waals surface area contributed by atoms with Crippen LogP contribution in [0.3, 0.4) is 0 Å². The number of hydrogen-bond donors (Lipinski definition) is 1. The van der Waals surface area contributed by atoms with Crippen LogP contribution >= 0.6 is 11.9 Å². The van der Waals surface area contributed by atoms with Crippen molar-refractivity contribution in [3.63, 3.8) is 0 Å². The Bertz CT molecular complexity index is 796. The minimum Gasteiger partial charge on any atom is -0.330 e. The zero-order valence-electron chi connectivity index (χ0n) is 11.4. The number of alkyl halides is 3. The lowest BCUT2D eigenvalue weighted by Gasteiger charge is -2.07. The first-order chi connectivity index (χ1) is 10.5. The highest BCUT2D eigenvalue weighted by atomic mass is 32.2. The number of hydrogen-bond acceptors (Lipinski definition) is 4. The molecule has 22 heavy (non-hydrogen) atoms. The molecule has 1 N–H and O–H groups in total. The highest BCUT2D eigenvalue weighted by molar-refractivity contribution is 7.99. The first-order valence-electron chi connectivity index (χ1n) is 6.30. The largest absolute Gasteiger partial charge is 0.452 e. The number of aromatic nitrogens is 3. The molecule has 4 nitrogen and oxygen atoms in total. The summed E-state index contributed by atoms with van der Waals surface area (Å²) in [6, 6.07) is 10.7. The van der Waals surface area contributed by atoms with Crippen molar-refractivity contribution in [1.82, 2.24) is 14.6 Å². The number of fused-ring (bicyclic) bond motifs is 1. The van der Waals surface area contributed by atoms with Gasteiger partial charge >= 0.3 is 6.18 Å². The van der Waals surface area contributed by atoms with Crippen LogP contribution in [0, 0.1) is 0 Å². The van der Waals surface area contributed by atoms with Crippen molar-refractivity contribution >= 4 is 23.3 Å². The normalized spacial score (nSPS) is 11.8. The van der Waals surface area contributed by atoms with E-state index in [1.165, 1.54) is 24.2 Å². The van der Waals surface area contributed by atoms with Gasteiger partial charge in [0.25, 0.3) is 0 Å². The molecule has 8 heteroatoms. The fourth-order valence-electron chi connectivity index (χ4n) is 2.10. The fourth-order valence-corrected chi connectivity index (χ4v) is 2.48. The quantitative estimate of drug-likeness (QED) is 0.737. The fraction of sp³-hybridized carbons (Fsp3) is 0.143. The molecule has 0 aliphatic carbocycles. The first-order valence-corrected chi connectivity index (χ1v) is 7.53. The third kappa shape index (κ3) is 2.74. The van der Waals surface area contributed by atoms with E-state index in [-0.39, 0.29) is 5.65 Å². The molecular formula is C14H11F3N4S. The summed E-state index contributed by atoms with van der Waals surface area (Å²) in [6.45, 7) is 0. The van der Waals surface area contributed by atoms with E-state index in [4.69, 9.17) is 0 Å². The van der Waals surface area contributed by atoms with E-state index in [0.717, 1.165) is 15.7 Å². The second kappa shape index (κ2) is 5.53. The molecule has 2 heterocycles. The van der Waals surface area contributed by atoms with Crippen molar-refractivity contribution in [2.24, 2.45) is 0 Å². The number of anilines is 1. The lowest BCUT2D eigenvalue weighted by atomic mass is 10.1. The Morgan fingerprint density at radius 2 is 1.68 bits per heavy atom. The molecular weight excluding hydrogens is 313 g/mol. The summed E-state index contributed by atoms with van der Waals surface area (Å²) in [5.41, 5.74) is 2.57. The summed E-state index contributed by atoms with van der Waals surface area (Å²) in [5.74, 6) is -1.02. The number of halogens is 3. The van der Waals surface area contributed by atoms with E-state index in [0.29, 0.717) is 5.56 Å². The van der Waals surface area contributed by atoms with Crippen molar-refractivity contribution in [2.75, 3.05) is 11.0 Å². The smallest absolute Gasteiger partial charge is 0.330 e. The Kier molecular flexibility index (Phi) is 3.69. The molecule has 2 aromatic heterocycles. The highest BCUT2D eigenvalue weighted by Gasteiger charge is 2.36. The van der Waals surface area contributed by atoms with Gasteiger partial charge in [0.2, 0.25) is 5.82 Å². The maximum absolute atomic E-state index is 12.9. The van der Waals surface area contributed by atoms with Gasteiger partial charge in [-0.3, -0.25) is 4.40 Å². The van der Waals surface area contributed by atoms with Crippen LogP contribution in [-0.2, 0) is 6.18 Å². The molecule has 3 rings (SSSR count). The first kappa shape index (κ1) is 14.7. The molecule has 0 atom stereocenters. The Morgan fingerprint density at radius 1 is 1.00 bits per heavy atom. The third-order valence-corrected chi connectivity index (χ3v) is 3.53. The van der Waals surface area contributed by atoms with Gasteiger partial charge in [-0.05, 0) is 35.4 Å². The van der Waals surface area contributed by atoms with Gasteiger partial charge in [0, 0.05) is 18.1 Å². The molecule has 0 aliphatic rings. The zero-order valence-corrected chi connectivity index (χ0v) is 12.2. The molecule has 0 bridgehead atoms. The molecule has 0 amide bonds. The van der Waals surface area contributed by atoms with Crippen LogP contribution in [0.2, 0.25) is 0 Å². The summed E-state index contributed by atoms with van der Waals surface area (Å²) in [6.07, 6.45) is -1.23. The minimum absolute atomic E-state index is 0.164. The van der Waals surface area contributed by atoms with Gasteiger partial charge in [-0.2, -0.15) is 13.2 Å². The van der Waals surface area contributed by atoms with Crippen molar-refractivity contribution in [1.29, 1.82) is 0 Å². The van der Waals surface area contributed by atoms with Gasteiger partial charge in [0.05, 0.1) is 0 Å². The van der Waals surface area contributed by atoms with Crippen LogP contribution in [0.5, 0.6) is 0 Å². The van der Waals surface area contributed by atoms with Crippen LogP contribution in [-0.4, -0.2) is 20.9 Å². The summed E-state index contributed by atoms with van der Waals surface area (Å²) in [7, 11) is 0. The van der Waals surface area contributed by atoms with E-state index in [1.807, 2.05) is 30.5 Å². The number of nitrogens with one attached hydrogen (secondary N) is 1. The van der Waals surface area contributed by atoms with Gasteiger partial charge in [-0.15, -0.1) is 10.2 Å². The molecule has 0 radical (unpaired) electrons. The van der Waals surface area contributed by atoms with Gasteiger partial charge < -0.3 is 4.72 Å². The average molecular weight is 324 g/mol. The standard InChI is InChI=1S/C14H11F3N4S/c1-22-20-11-5-2-9(3-6-11)10-4-7-12-18-19-13(14(15,16)17)21(12)8-10/h2-8,20H,1H3. The summed E-state index contributed by atoms with van der Waals surface area (Å²) < 4.78 is 42.7. The molecule has 0 saturated carbocycles. The number of rotatable bonds is 3. The Balaban J connectivity index is 2.04. The topological polar surface area (TPSA) is 42.2 Å². The van der Waals surface area contributed by atoms with Crippen LogP contribution in [0.1, 0.15) is 5.82 Å².